The highest BCUT2D eigenvalue weighted by Gasteiger charge is 2.24. The van der Waals surface area contributed by atoms with Crippen LogP contribution in [0.1, 0.15) is 31.2 Å². The highest BCUT2D eigenvalue weighted by Crippen LogP contribution is 2.32. The minimum Gasteiger partial charge on any atom is -0.497 e. The number of hydrogen-bond acceptors (Lipinski definition) is 4. The molecule has 2 saturated heterocycles. The number of ether oxygens (including phenoxy) is 2. The van der Waals surface area contributed by atoms with E-state index >= 15 is 0 Å². The summed E-state index contributed by atoms with van der Waals surface area (Å²) in [6, 6.07) is 16.5. The summed E-state index contributed by atoms with van der Waals surface area (Å²) in [6.45, 7) is 6.80. The number of piperidine rings is 1. The molecule has 2 aromatic carbocycles. The Hall–Kier alpha value is -2.83. The van der Waals surface area contributed by atoms with E-state index in [9.17, 15) is 4.79 Å². The molecule has 1 aromatic heterocycles. The van der Waals surface area contributed by atoms with Crippen molar-refractivity contribution in [3.8, 4) is 17.0 Å². The van der Waals surface area contributed by atoms with Crippen molar-refractivity contribution >= 4 is 16.8 Å². The molecule has 6 heteroatoms. The van der Waals surface area contributed by atoms with Crippen molar-refractivity contribution in [1.82, 2.24) is 14.8 Å². The van der Waals surface area contributed by atoms with Crippen LogP contribution in [0.5, 0.6) is 5.75 Å². The Kier molecular flexibility index (Phi) is 7.69. The number of aromatic nitrogens is 1. The van der Waals surface area contributed by atoms with E-state index in [2.05, 4.69) is 51.2 Å². The molecule has 3 heterocycles. The number of carbonyl (C=O) groups is 1. The molecule has 0 atom stereocenters. The van der Waals surface area contributed by atoms with E-state index < -0.39 is 0 Å². The minimum atomic E-state index is 0.280. The third-order valence-electron chi connectivity index (χ3n) is 7.71. The fraction of sp³-hybridized carbons (Fsp3) is 0.483. The number of morpholine rings is 1. The number of aryl methyl sites for hydroxylation is 1. The van der Waals surface area contributed by atoms with Crippen LogP contribution in [0.4, 0.5) is 0 Å². The number of rotatable bonds is 8. The summed E-state index contributed by atoms with van der Waals surface area (Å²) >= 11 is 0. The van der Waals surface area contributed by atoms with Crippen LogP contribution in [0.15, 0.2) is 48.5 Å². The topological polar surface area (TPSA) is 57.8 Å². The lowest BCUT2D eigenvalue weighted by Gasteiger charge is -2.34. The summed E-state index contributed by atoms with van der Waals surface area (Å²) in [5.74, 6) is 1.86. The van der Waals surface area contributed by atoms with Crippen LogP contribution in [0, 0.1) is 5.92 Å². The smallest absolute Gasteiger partial charge is 0.222 e. The molecule has 35 heavy (non-hydrogen) atoms. The van der Waals surface area contributed by atoms with Crippen molar-refractivity contribution < 1.29 is 14.3 Å². The van der Waals surface area contributed by atoms with E-state index in [0.717, 1.165) is 93.6 Å². The second-order valence-corrected chi connectivity index (χ2v) is 9.82. The monoisotopic (exact) mass is 475 g/mol. The number of fused-ring (bicyclic) bond motifs is 1. The molecule has 2 fully saturated rings. The predicted octanol–water partition coefficient (Wildman–Crippen LogP) is 4.74. The molecule has 2 aliphatic heterocycles. The Morgan fingerprint density at radius 3 is 2.51 bits per heavy atom. The Morgan fingerprint density at radius 2 is 1.77 bits per heavy atom. The first-order valence-electron chi connectivity index (χ1n) is 13.0. The lowest BCUT2D eigenvalue weighted by molar-refractivity contribution is -0.132. The fourth-order valence-electron chi connectivity index (χ4n) is 5.51. The Labute approximate surface area is 208 Å². The molecule has 0 saturated carbocycles. The quantitative estimate of drug-likeness (QED) is 0.511. The third kappa shape index (κ3) is 5.71. The Morgan fingerprint density at radius 1 is 1.03 bits per heavy atom. The zero-order valence-corrected chi connectivity index (χ0v) is 20.8. The van der Waals surface area contributed by atoms with E-state index in [4.69, 9.17) is 9.47 Å². The lowest BCUT2D eigenvalue weighted by Crippen LogP contribution is -2.40. The maximum Gasteiger partial charge on any atom is 0.222 e. The van der Waals surface area contributed by atoms with Crippen LogP contribution >= 0.6 is 0 Å². The van der Waals surface area contributed by atoms with Gasteiger partial charge in [-0.3, -0.25) is 9.69 Å². The number of amides is 1. The summed E-state index contributed by atoms with van der Waals surface area (Å²) in [6.07, 6.45) is 4.77. The second-order valence-electron chi connectivity index (χ2n) is 9.82. The molecule has 0 radical (unpaired) electrons. The van der Waals surface area contributed by atoms with Gasteiger partial charge in [-0.15, -0.1) is 0 Å². The normalized spacial score (nSPS) is 17.7. The SMILES string of the molecule is COc1ccc(-c2[nH]c3ccccc3c2CCC(=O)N2CCC(CCN3CCOCC3)CC2)cc1. The number of likely N-dealkylation sites (tertiary alicyclic amines) is 1. The average Bonchev–Trinajstić information content (AvgIpc) is 3.30. The van der Waals surface area contributed by atoms with Gasteiger partial charge in [0.05, 0.1) is 20.3 Å². The summed E-state index contributed by atoms with van der Waals surface area (Å²) in [5, 5.41) is 1.20. The minimum absolute atomic E-state index is 0.280. The van der Waals surface area contributed by atoms with Gasteiger partial charge in [0.25, 0.3) is 0 Å². The van der Waals surface area contributed by atoms with Crippen LogP contribution in [0.3, 0.4) is 0 Å². The number of hydrogen-bond donors (Lipinski definition) is 1. The van der Waals surface area contributed by atoms with Crippen LogP contribution in [-0.4, -0.2) is 73.7 Å². The van der Waals surface area contributed by atoms with Crippen LogP contribution < -0.4 is 4.74 Å². The highest BCUT2D eigenvalue weighted by molar-refractivity contribution is 5.91. The number of carbonyl (C=O) groups excluding carboxylic acids is 1. The second kappa shape index (κ2) is 11.3. The standard InChI is InChI=1S/C29H37N3O3/c1-34-24-8-6-23(7-9-24)29-26(25-4-2-3-5-27(25)30-29)10-11-28(33)32-16-13-22(14-17-32)12-15-31-18-20-35-21-19-31/h2-9,22,30H,10-21H2,1H3. The van der Waals surface area contributed by atoms with Gasteiger partial charge in [-0.1, -0.05) is 18.2 Å². The first-order chi connectivity index (χ1) is 17.2. The van der Waals surface area contributed by atoms with Crippen molar-refractivity contribution in [1.29, 1.82) is 0 Å². The van der Waals surface area contributed by atoms with Gasteiger partial charge in [0, 0.05) is 49.2 Å². The molecule has 0 bridgehead atoms. The van der Waals surface area contributed by atoms with Gasteiger partial charge in [0.1, 0.15) is 5.75 Å². The van der Waals surface area contributed by atoms with Crippen molar-refractivity contribution in [3.05, 3.63) is 54.1 Å². The van der Waals surface area contributed by atoms with Crippen molar-refractivity contribution in [2.75, 3.05) is 53.0 Å². The molecule has 0 aliphatic carbocycles. The molecule has 1 N–H and O–H groups in total. The molecule has 1 amide bonds. The summed E-state index contributed by atoms with van der Waals surface area (Å²) < 4.78 is 10.8. The van der Waals surface area contributed by atoms with E-state index in [-0.39, 0.29) is 5.91 Å². The van der Waals surface area contributed by atoms with E-state index in [1.807, 2.05) is 12.1 Å². The summed E-state index contributed by atoms with van der Waals surface area (Å²) in [5.41, 5.74) is 4.55. The number of nitrogens with one attached hydrogen (secondary N) is 1. The number of H-pyrrole nitrogens is 1. The maximum absolute atomic E-state index is 13.1. The zero-order chi connectivity index (χ0) is 24.0. The van der Waals surface area contributed by atoms with Gasteiger partial charge in [-0.05, 0) is 79.6 Å². The Balaban J connectivity index is 1.19. The molecule has 2 aliphatic rings. The first-order valence-corrected chi connectivity index (χ1v) is 13.0. The number of nitrogens with zero attached hydrogens (tertiary/aromatic N) is 2. The molecule has 3 aromatic rings. The Bertz CT molecular complexity index is 1110. The zero-order valence-electron chi connectivity index (χ0n) is 20.8. The van der Waals surface area contributed by atoms with Crippen molar-refractivity contribution in [2.24, 2.45) is 5.92 Å². The molecule has 6 nitrogen and oxygen atoms in total. The van der Waals surface area contributed by atoms with Crippen molar-refractivity contribution in [2.45, 2.75) is 32.1 Å². The number of benzene rings is 2. The summed E-state index contributed by atoms with van der Waals surface area (Å²) in [4.78, 5) is 21.3. The van der Waals surface area contributed by atoms with Gasteiger partial charge >= 0.3 is 0 Å². The number of para-hydroxylation sites is 1. The molecular weight excluding hydrogens is 438 g/mol. The van der Waals surface area contributed by atoms with Crippen LogP contribution in [-0.2, 0) is 16.0 Å². The van der Waals surface area contributed by atoms with Gasteiger partial charge < -0.3 is 19.4 Å². The predicted molar refractivity (Wildman–Crippen MR) is 140 cm³/mol. The summed E-state index contributed by atoms with van der Waals surface area (Å²) in [7, 11) is 1.68. The van der Waals surface area contributed by atoms with Gasteiger partial charge in [0.15, 0.2) is 0 Å². The molecule has 5 rings (SSSR count). The lowest BCUT2D eigenvalue weighted by atomic mass is 9.93. The van der Waals surface area contributed by atoms with E-state index in [1.165, 1.54) is 17.4 Å². The van der Waals surface area contributed by atoms with Crippen LogP contribution in [0.25, 0.3) is 22.2 Å². The average molecular weight is 476 g/mol. The highest BCUT2D eigenvalue weighted by atomic mass is 16.5. The van der Waals surface area contributed by atoms with Gasteiger partial charge in [-0.25, -0.2) is 0 Å². The largest absolute Gasteiger partial charge is 0.497 e. The van der Waals surface area contributed by atoms with Gasteiger partial charge in [0.2, 0.25) is 5.91 Å². The van der Waals surface area contributed by atoms with E-state index in [0.29, 0.717) is 6.42 Å². The molecular formula is C29H37N3O3. The molecule has 186 valence electrons. The number of aromatic amines is 1. The van der Waals surface area contributed by atoms with Gasteiger partial charge in [-0.2, -0.15) is 0 Å². The number of methoxy groups -OCH3 is 1. The van der Waals surface area contributed by atoms with Crippen molar-refractivity contribution in [3.63, 3.8) is 0 Å². The first kappa shape index (κ1) is 23.9. The molecule has 0 unspecified atom stereocenters. The van der Waals surface area contributed by atoms with Crippen LogP contribution in [0.2, 0.25) is 0 Å². The third-order valence-corrected chi connectivity index (χ3v) is 7.71. The van der Waals surface area contributed by atoms with E-state index in [1.54, 1.807) is 7.11 Å². The maximum atomic E-state index is 13.1. The molecule has 0 spiro atoms. The fourth-order valence-corrected chi connectivity index (χ4v) is 5.51.